The van der Waals surface area contributed by atoms with Gasteiger partial charge in [0.25, 0.3) is 0 Å². The van der Waals surface area contributed by atoms with Crippen LogP contribution in [-0.2, 0) is 0 Å². The average Bonchev–Trinajstić information content (AvgIpc) is 2.36. The molecule has 0 spiro atoms. The van der Waals surface area contributed by atoms with E-state index in [4.69, 9.17) is 10.9 Å². The summed E-state index contributed by atoms with van der Waals surface area (Å²) in [6.07, 6.45) is 3.91. The van der Waals surface area contributed by atoms with Gasteiger partial charge in [0.1, 0.15) is 5.82 Å². The monoisotopic (exact) mass is 276 g/mol. The minimum Gasteiger partial charge on any atom is -0.409 e. The van der Waals surface area contributed by atoms with Crippen LogP contribution in [0.25, 0.3) is 0 Å². The standard InChI is InChI=1S/C15H24N4O/c1-4-19(9-12-6-5-7-12)15-13(14(16)18-20)10(2)8-11(3)17-15/h8,12,20H,4-7,9H2,1-3H3,(H2,16,18). The minimum absolute atomic E-state index is 0.136. The van der Waals surface area contributed by atoms with Crippen LogP contribution >= 0.6 is 0 Å². The normalized spacial score (nSPS) is 16.1. The van der Waals surface area contributed by atoms with Gasteiger partial charge in [0, 0.05) is 18.8 Å². The topological polar surface area (TPSA) is 74.7 Å². The highest BCUT2D eigenvalue weighted by Gasteiger charge is 2.24. The van der Waals surface area contributed by atoms with E-state index in [-0.39, 0.29) is 5.84 Å². The van der Waals surface area contributed by atoms with Crippen molar-refractivity contribution in [1.29, 1.82) is 0 Å². The summed E-state index contributed by atoms with van der Waals surface area (Å²) < 4.78 is 0. The van der Waals surface area contributed by atoms with Crippen molar-refractivity contribution in [3.05, 3.63) is 22.9 Å². The molecule has 2 rings (SSSR count). The number of hydrogen-bond acceptors (Lipinski definition) is 4. The number of aryl methyl sites for hydroxylation is 2. The molecule has 1 fully saturated rings. The molecule has 0 unspecified atom stereocenters. The molecule has 1 aromatic heterocycles. The molecule has 1 aliphatic rings. The fourth-order valence-corrected chi connectivity index (χ4v) is 2.76. The van der Waals surface area contributed by atoms with Gasteiger partial charge < -0.3 is 15.8 Å². The summed E-state index contributed by atoms with van der Waals surface area (Å²) in [6, 6.07) is 1.97. The van der Waals surface area contributed by atoms with Gasteiger partial charge in [-0.1, -0.05) is 11.6 Å². The number of anilines is 1. The second-order valence-corrected chi connectivity index (χ2v) is 5.60. The first-order valence-corrected chi connectivity index (χ1v) is 7.27. The zero-order valence-corrected chi connectivity index (χ0v) is 12.6. The lowest BCUT2D eigenvalue weighted by Gasteiger charge is -2.33. The molecule has 1 saturated carbocycles. The van der Waals surface area contributed by atoms with Crippen molar-refractivity contribution in [3.8, 4) is 0 Å². The molecule has 5 nitrogen and oxygen atoms in total. The molecule has 0 amide bonds. The van der Waals surface area contributed by atoms with Crippen molar-refractivity contribution in [1.82, 2.24) is 4.98 Å². The quantitative estimate of drug-likeness (QED) is 0.375. The second-order valence-electron chi connectivity index (χ2n) is 5.60. The molecule has 0 aliphatic heterocycles. The van der Waals surface area contributed by atoms with Crippen LogP contribution in [-0.4, -0.2) is 29.1 Å². The van der Waals surface area contributed by atoms with E-state index in [1.807, 2.05) is 19.9 Å². The van der Waals surface area contributed by atoms with Gasteiger partial charge in [0.15, 0.2) is 5.84 Å². The number of nitrogens with zero attached hydrogens (tertiary/aromatic N) is 3. The van der Waals surface area contributed by atoms with E-state index >= 15 is 0 Å². The Kier molecular flexibility index (Phi) is 4.47. The zero-order valence-electron chi connectivity index (χ0n) is 12.6. The highest BCUT2D eigenvalue weighted by atomic mass is 16.4. The van der Waals surface area contributed by atoms with Crippen LogP contribution in [0.2, 0.25) is 0 Å². The maximum absolute atomic E-state index is 9.02. The van der Waals surface area contributed by atoms with Crippen molar-refractivity contribution in [2.75, 3.05) is 18.0 Å². The summed E-state index contributed by atoms with van der Waals surface area (Å²) in [5, 5.41) is 12.2. The number of amidine groups is 1. The van der Waals surface area contributed by atoms with Crippen LogP contribution in [0.5, 0.6) is 0 Å². The Morgan fingerprint density at radius 1 is 1.50 bits per heavy atom. The molecule has 0 aromatic carbocycles. The van der Waals surface area contributed by atoms with Crippen molar-refractivity contribution in [2.24, 2.45) is 16.8 Å². The van der Waals surface area contributed by atoms with E-state index < -0.39 is 0 Å². The Balaban J connectivity index is 2.40. The first kappa shape index (κ1) is 14.6. The molecule has 0 radical (unpaired) electrons. The van der Waals surface area contributed by atoms with Crippen LogP contribution < -0.4 is 10.6 Å². The predicted octanol–water partition coefficient (Wildman–Crippen LogP) is 2.42. The van der Waals surface area contributed by atoms with Gasteiger partial charge in [-0.15, -0.1) is 0 Å². The van der Waals surface area contributed by atoms with E-state index in [0.717, 1.165) is 41.6 Å². The lowest BCUT2D eigenvalue weighted by atomic mass is 9.85. The predicted molar refractivity (Wildman–Crippen MR) is 81.4 cm³/mol. The van der Waals surface area contributed by atoms with Gasteiger partial charge in [-0.05, 0) is 51.2 Å². The maximum Gasteiger partial charge on any atom is 0.174 e. The summed E-state index contributed by atoms with van der Waals surface area (Å²) in [5.41, 5.74) is 8.55. The van der Waals surface area contributed by atoms with Crippen LogP contribution in [0, 0.1) is 19.8 Å². The molecule has 20 heavy (non-hydrogen) atoms. The molecule has 1 aliphatic carbocycles. The van der Waals surface area contributed by atoms with Gasteiger partial charge in [-0.25, -0.2) is 4.98 Å². The van der Waals surface area contributed by atoms with Crippen molar-refractivity contribution < 1.29 is 5.21 Å². The first-order valence-electron chi connectivity index (χ1n) is 7.27. The van der Waals surface area contributed by atoms with E-state index in [1.54, 1.807) is 0 Å². The zero-order chi connectivity index (χ0) is 14.7. The molecule has 1 heterocycles. The molecule has 0 bridgehead atoms. The Bertz CT molecular complexity index is 509. The number of rotatable bonds is 5. The Morgan fingerprint density at radius 3 is 2.70 bits per heavy atom. The molecule has 0 atom stereocenters. The van der Waals surface area contributed by atoms with Crippen molar-refractivity contribution >= 4 is 11.7 Å². The number of hydrogen-bond donors (Lipinski definition) is 2. The third kappa shape index (κ3) is 2.86. The fourth-order valence-electron chi connectivity index (χ4n) is 2.76. The fraction of sp³-hybridized carbons (Fsp3) is 0.600. The van der Waals surface area contributed by atoms with E-state index in [0.29, 0.717) is 0 Å². The Labute approximate surface area is 120 Å². The molecule has 0 saturated heterocycles. The molecule has 3 N–H and O–H groups in total. The maximum atomic E-state index is 9.02. The summed E-state index contributed by atoms with van der Waals surface area (Å²) in [7, 11) is 0. The lowest BCUT2D eigenvalue weighted by Crippen LogP contribution is -2.35. The van der Waals surface area contributed by atoms with E-state index in [2.05, 4.69) is 22.0 Å². The highest BCUT2D eigenvalue weighted by molar-refractivity contribution is 6.02. The third-order valence-electron chi connectivity index (χ3n) is 4.07. The SMILES string of the molecule is CCN(CC1CCC1)c1nc(C)cc(C)c1/C(N)=N/O. The van der Waals surface area contributed by atoms with Crippen LogP contribution in [0.1, 0.15) is 43.0 Å². The summed E-state index contributed by atoms with van der Waals surface area (Å²) >= 11 is 0. The average molecular weight is 276 g/mol. The van der Waals surface area contributed by atoms with Crippen LogP contribution in [0.4, 0.5) is 5.82 Å². The number of nitrogens with two attached hydrogens (primary N) is 1. The Morgan fingerprint density at radius 2 is 2.20 bits per heavy atom. The smallest absolute Gasteiger partial charge is 0.174 e. The van der Waals surface area contributed by atoms with E-state index in [1.165, 1.54) is 19.3 Å². The van der Waals surface area contributed by atoms with Crippen LogP contribution in [0.15, 0.2) is 11.2 Å². The summed E-state index contributed by atoms with van der Waals surface area (Å²) in [4.78, 5) is 6.89. The molecule has 110 valence electrons. The first-order chi connectivity index (χ1) is 9.56. The van der Waals surface area contributed by atoms with Crippen molar-refractivity contribution in [2.45, 2.75) is 40.0 Å². The molecule has 5 heteroatoms. The van der Waals surface area contributed by atoms with Gasteiger partial charge in [-0.2, -0.15) is 0 Å². The Hall–Kier alpha value is -1.78. The van der Waals surface area contributed by atoms with E-state index in [9.17, 15) is 0 Å². The molecule has 1 aromatic rings. The van der Waals surface area contributed by atoms with Gasteiger partial charge in [-0.3, -0.25) is 0 Å². The van der Waals surface area contributed by atoms with Gasteiger partial charge >= 0.3 is 0 Å². The van der Waals surface area contributed by atoms with Gasteiger partial charge in [0.05, 0.1) is 5.56 Å². The molecular weight excluding hydrogens is 252 g/mol. The number of aromatic nitrogens is 1. The minimum atomic E-state index is 0.136. The van der Waals surface area contributed by atoms with Crippen molar-refractivity contribution in [3.63, 3.8) is 0 Å². The third-order valence-corrected chi connectivity index (χ3v) is 4.07. The number of oxime groups is 1. The summed E-state index contributed by atoms with van der Waals surface area (Å²) in [6.45, 7) is 7.94. The number of pyridine rings is 1. The second kappa shape index (κ2) is 6.11. The van der Waals surface area contributed by atoms with Crippen LogP contribution in [0.3, 0.4) is 0 Å². The lowest BCUT2D eigenvalue weighted by molar-refractivity contribution is 0.317. The largest absolute Gasteiger partial charge is 0.409 e. The van der Waals surface area contributed by atoms with Gasteiger partial charge in [0.2, 0.25) is 0 Å². The highest BCUT2D eigenvalue weighted by Crippen LogP contribution is 2.30. The molecular formula is C15H24N4O. The summed E-state index contributed by atoms with van der Waals surface area (Å²) in [5.74, 6) is 1.72.